The molecule has 0 bridgehead atoms. The van der Waals surface area contributed by atoms with Crippen LogP contribution in [-0.4, -0.2) is 25.3 Å². The van der Waals surface area contributed by atoms with Crippen LogP contribution in [-0.2, 0) is 30.6 Å². The fraction of sp³-hybridized carbons (Fsp3) is 0.316. The van der Waals surface area contributed by atoms with E-state index in [4.69, 9.17) is 15.2 Å². The zero-order valence-electron chi connectivity index (χ0n) is 13.9. The highest BCUT2D eigenvalue weighted by atomic mass is 16.5. The van der Waals surface area contributed by atoms with Crippen LogP contribution in [0.1, 0.15) is 33.4 Å². The average Bonchev–Trinajstić information content (AvgIpc) is 2.59. The highest BCUT2D eigenvalue weighted by Crippen LogP contribution is 2.37. The Hall–Kier alpha value is -2.53. The van der Waals surface area contributed by atoms with Gasteiger partial charge in [0, 0.05) is 17.7 Å². The number of benzene rings is 2. The molecular weight excluding hydrogens is 306 g/mol. The Labute approximate surface area is 141 Å². The van der Waals surface area contributed by atoms with Gasteiger partial charge in [0.1, 0.15) is 11.5 Å². The number of nitrogens with two attached hydrogens (primary N) is 1. The number of hydrogen-bond donors (Lipinski definition) is 2. The van der Waals surface area contributed by atoms with E-state index in [9.17, 15) is 9.90 Å². The van der Waals surface area contributed by atoms with Gasteiger partial charge in [-0.2, -0.15) is 0 Å². The van der Waals surface area contributed by atoms with E-state index in [0.717, 1.165) is 40.0 Å². The molecule has 0 aromatic heterocycles. The molecule has 0 aliphatic heterocycles. The van der Waals surface area contributed by atoms with Crippen LogP contribution in [0.2, 0.25) is 0 Å². The van der Waals surface area contributed by atoms with Gasteiger partial charge in [-0.1, -0.05) is 12.1 Å². The van der Waals surface area contributed by atoms with Gasteiger partial charge in [0.25, 0.3) is 0 Å². The number of ether oxygens (including phenoxy) is 2. The van der Waals surface area contributed by atoms with Crippen LogP contribution in [0.15, 0.2) is 24.3 Å². The topological polar surface area (TPSA) is 81.8 Å². The number of aliphatic carboxylic acids is 1. The van der Waals surface area contributed by atoms with E-state index in [1.54, 1.807) is 14.2 Å². The van der Waals surface area contributed by atoms with Crippen molar-refractivity contribution in [2.24, 2.45) is 5.73 Å². The van der Waals surface area contributed by atoms with Crippen molar-refractivity contribution in [2.45, 2.75) is 25.8 Å². The number of rotatable bonds is 5. The minimum absolute atomic E-state index is 0.0520. The molecule has 1 aliphatic rings. The summed E-state index contributed by atoms with van der Waals surface area (Å²) < 4.78 is 10.8. The molecule has 3 N–H and O–H groups in total. The molecule has 0 unspecified atom stereocenters. The Bertz CT molecular complexity index is 798. The normalized spacial score (nSPS) is 12.3. The molecule has 0 amide bonds. The van der Waals surface area contributed by atoms with Crippen LogP contribution < -0.4 is 15.2 Å². The van der Waals surface area contributed by atoms with Crippen molar-refractivity contribution in [1.82, 2.24) is 0 Å². The molecule has 126 valence electrons. The summed E-state index contributed by atoms with van der Waals surface area (Å²) in [5, 5.41) is 9.27. The number of carboxylic acids is 1. The zero-order valence-corrected chi connectivity index (χ0v) is 13.9. The van der Waals surface area contributed by atoms with Crippen molar-refractivity contribution in [1.29, 1.82) is 0 Å². The number of hydrogen-bond acceptors (Lipinski definition) is 4. The fourth-order valence-electron chi connectivity index (χ4n) is 3.54. The minimum Gasteiger partial charge on any atom is -0.496 e. The first-order valence-corrected chi connectivity index (χ1v) is 7.86. The number of carbonyl (C=O) groups is 1. The first kappa shape index (κ1) is 16.3. The standard InChI is InChI=1S/C19H21NO4/c1-23-17-5-3-11-7-12-4-6-18(24-2)16(10-20)14(12)8-13(11)15(17)9-19(21)22/h3-6H,7-10,20H2,1-2H3,(H,21,22). The molecule has 0 heterocycles. The fourth-order valence-corrected chi connectivity index (χ4v) is 3.54. The van der Waals surface area contributed by atoms with Crippen molar-refractivity contribution < 1.29 is 19.4 Å². The maximum absolute atomic E-state index is 11.3. The molecule has 0 fully saturated rings. The van der Waals surface area contributed by atoms with E-state index in [1.165, 1.54) is 5.56 Å². The van der Waals surface area contributed by atoms with Crippen molar-refractivity contribution in [2.75, 3.05) is 14.2 Å². The molecule has 0 saturated heterocycles. The summed E-state index contributed by atoms with van der Waals surface area (Å²) in [5.74, 6) is 0.538. The monoisotopic (exact) mass is 327 g/mol. The third-order valence-corrected chi connectivity index (χ3v) is 4.68. The third-order valence-electron chi connectivity index (χ3n) is 4.68. The van der Waals surface area contributed by atoms with E-state index < -0.39 is 5.97 Å². The molecule has 1 aliphatic carbocycles. The van der Waals surface area contributed by atoms with Gasteiger partial charge < -0.3 is 20.3 Å². The molecule has 5 nitrogen and oxygen atoms in total. The maximum atomic E-state index is 11.3. The molecule has 0 spiro atoms. The molecule has 0 radical (unpaired) electrons. The SMILES string of the molecule is COc1ccc2c(c1CN)Cc1c(ccc(OC)c1CC(=O)O)C2. The van der Waals surface area contributed by atoms with Gasteiger partial charge in [0.05, 0.1) is 20.6 Å². The summed E-state index contributed by atoms with van der Waals surface area (Å²) in [6.45, 7) is 0.389. The lowest BCUT2D eigenvalue weighted by molar-refractivity contribution is -0.136. The minimum atomic E-state index is -0.864. The molecule has 5 heteroatoms. The highest BCUT2D eigenvalue weighted by molar-refractivity contribution is 5.73. The predicted octanol–water partition coefficient (Wildman–Crippen LogP) is 2.28. The quantitative estimate of drug-likeness (QED) is 0.751. The van der Waals surface area contributed by atoms with Gasteiger partial charge in [-0.3, -0.25) is 4.79 Å². The van der Waals surface area contributed by atoms with E-state index in [1.807, 2.05) is 18.2 Å². The largest absolute Gasteiger partial charge is 0.496 e. The zero-order chi connectivity index (χ0) is 17.3. The van der Waals surface area contributed by atoms with E-state index in [2.05, 4.69) is 6.07 Å². The van der Waals surface area contributed by atoms with Crippen molar-refractivity contribution in [3.63, 3.8) is 0 Å². The van der Waals surface area contributed by atoms with Gasteiger partial charge in [-0.15, -0.1) is 0 Å². The van der Waals surface area contributed by atoms with Gasteiger partial charge in [0.15, 0.2) is 0 Å². The number of fused-ring (bicyclic) bond motifs is 2. The van der Waals surface area contributed by atoms with Crippen LogP contribution >= 0.6 is 0 Å². The molecule has 24 heavy (non-hydrogen) atoms. The molecule has 0 saturated carbocycles. The van der Waals surface area contributed by atoms with Crippen molar-refractivity contribution in [3.8, 4) is 11.5 Å². The maximum Gasteiger partial charge on any atom is 0.307 e. The summed E-state index contributed by atoms with van der Waals surface area (Å²) >= 11 is 0. The van der Waals surface area contributed by atoms with Crippen molar-refractivity contribution in [3.05, 3.63) is 57.6 Å². The Morgan fingerprint density at radius 1 is 1.00 bits per heavy atom. The second-order valence-corrected chi connectivity index (χ2v) is 5.90. The van der Waals surface area contributed by atoms with Gasteiger partial charge >= 0.3 is 5.97 Å². The summed E-state index contributed by atoms with van der Waals surface area (Å²) in [5.41, 5.74) is 12.2. The van der Waals surface area contributed by atoms with Crippen LogP contribution in [0.5, 0.6) is 11.5 Å². The van der Waals surface area contributed by atoms with E-state index >= 15 is 0 Å². The molecular formula is C19H21NO4. The highest BCUT2D eigenvalue weighted by Gasteiger charge is 2.24. The average molecular weight is 327 g/mol. The predicted molar refractivity (Wildman–Crippen MR) is 90.8 cm³/mol. The molecule has 3 rings (SSSR count). The molecule has 0 atom stereocenters. The van der Waals surface area contributed by atoms with Crippen LogP contribution in [0, 0.1) is 0 Å². The van der Waals surface area contributed by atoms with Gasteiger partial charge in [-0.25, -0.2) is 0 Å². The first-order chi connectivity index (χ1) is 11.6. The summed E-state index contributed by atoms with van der Waals surface area (Å²) in [4.78, 5) is 11.3. The van der Waals surface area contributed by atoms with Gasteiger partial charge in [-0.05, 0) is 47.2 Å². The van der Waals surface area contributed by atoms with Crippen LogP contribution in [0.4, 0.5) is 0 Å². The molecule has 2 aromatic carbocycles. The van der Waals surface area contributed by atoms with E-state index in [0.29, 0.717) is 18.7 Å². The lowest BCUT2D eigenvalue weighted by Gasteiger charge is -2.26. The Kier molecular flexibility index (Phi) is 4.44. The molecule has 2 aromatic rings. The Balaban J connectivity index is 2.15. The summed E-state index contributed by atoms with van der Waals surface area (Å²) in [6.07, 6.45) is 1.36. The second-order valence-electron chi connectivity index (χ2n) is 5.90. The van der Waals surface area contributed by atoms with Crippen LogP contribution in [0.3, 0.4) is 0 Å². The number of carboxylic acid groups (broad SMARTS) is 1. The second kappa shape index (κ2) is 6.53. The smallest absolute Gasteiger partial charge is 0.307 e. The Morgan fingerprint density at radius 2 is 1.54 bits per heavy atom. The summed E-state index contributed by atoms with van der Waals surface area (Å²) in [7, 11) is 3.20. The van der Waals surface area contributed by atoms with E-state index in [-0.39, 0.29) is 6.42 Å². The van der Waals surface area contributed by atoms with Crippen molar-refractivity contribution >= 4 is 5.97 Å². The van der Waals surface area contributed by atoms with Crippen LogP contribution in [0.25, 0.3) is 0 Å². The lowest BCUT2D eigenvalue weighted by atomic mass is 9.80. The third kappa shape index (κ3) is 2.71. The number of methoxy groups -OCH3 is 2. The summed E-state index contributed by atoms with van der Waals surface area (Å²) in [6, 6.07) is 7.90. The lowest BCUT2D eigenvalue weighted by Crippen LogP contribution is -2.17. The Morgan fingerprint density at radius 3 is 2.04 bits per heavy atom. The first-order valence-electron chi connectivity index (χ1n) is 7.86. The van der Waals surface area contributed by atoms with Gasteiger partial charge in [0.2, 0.25) is 0 Å².